The van der Waals surface area contributed by atoms with Gasteiger partial charge in [-0.2, -0.15) is 0 Å². The van der Waals surface area contributed by atoms with E-state index in [9.17, 15) is 9.90 Å². The van der Waals surface area contributed by atoms with E-state index in [0.29, 0.717) is 6.54 Å². The average Bonchev–Trinajstić information content (AvgIpc) is 2.26. The smallest absolute Gasteiger partial charge is 0.216 e. The van der Waals surface area contributed by atoms with Crippen LogP contribution in [0.25, 0.3) is 0 Å². The lowest BCUT2D eigenvalue weighted by Gasteiger charge is -2.14. The Morgan fingerprint density at radius 3 is 2.50 bits per heavy atom. The minimum absolute atomic E-state index is 0.0534. The van der Waals surface area contributed by atoms with Crippen molar-refractivity contribution in [3.63, 3.8) is 0 Å². The first-order valence-corrected chi connectivity index (χ1v) is 5.52. The maximum Gasteiger partial charge on any atom is 0.216 e. The van der Waals surface area contributed by atoms with Crippen LogP contribution in [-0.4, -0.2) is 24.2 Å². The lowest BCUT2D eigenvalue weighted by Crippen LogP contribution is -2.30. The van der Waals surface area contributed by atoms with Gasteiger partial charge in [0.1, 0.15) is 0 Å². The molecule has 88 valence electrons. The Hall–Kier alpha value is -1.35. The van der Waals surface area contributed by atoms with Gasteiger partial charge in [0.05, 0.1) is 0 Å². The number of carbonyl (C=O) groups is 1. The van der Waals surface area contributed by atoms with E-state index >= 15 is 0 Å². The Balaban J connectivity index is 2.49. The fourth-order valence-corrected chi connectivity index (χ4v) is 1.55. The number of aliphatic hydroxyl groups is 1. The van der Waals surface area contributed by atoms with Crippen molar-refractivity contribution >= 4 is 5.91 Å². The number of amides is 1. The minimum atomic E-state index is -0.0534. The van der Waals surface area contributed by atoms with Crippen molar-refractivity contribution in [2.24, 2.45) is 5.92 Å². The summed E-state index contributed by atoms with van der Waals surface area (Å²) in [6.45, 7) is 4.15. The normalized spacial score (nSPS) is 12.2. The number of aryl methyl sites for hydroxylation is 1. The summed E-state index contributed by atoms with van der Waals surface area (Å²) in [6, 6.07) is 8.24. The van der Waals surface area contributed by atoms with Gasteiger partial charge in [0.2, 0.25) is 5.91 Å². The summed E-state index contributed by atoms with van der Waals surface area (Å²) in [5.74, 6) is 0.0361. The third-order valence-electron chi connectivity index (χ3n) is 2.54. The highest BCUT2D eigenvalue weighted by atomic mass is 16.3. The summed E-state index contributed by atoms with van der Waals surface area (Å²) in [4.78, 5) is 10.8. The lowest BCUT2D eigenvalue weighted by molar-refractivity contribution is -0.119. The van der Waals surface area contributed by atoms with Gasteiger partial charge in [0.25, 0.3) is 0 Å². The molecule has 0 saturated carbocycles. The zero-order valence-corrected chi connectivity index (χ0v) is 9.86. The Labute approximate surface area is 96.5 Å². The molecule has 0 aliphatic rings. The second-order valence-electron chi connectivity index (χ2n) is 4.18. The molecule has 1 aromatic rings. The van der Waals surface area contributed by atoms with Gasteiger partial charge in [0.15, 0.2) is 0 Å². The predicted molar refractivity (Wildman–Crippen MR) is 64.1 cm³/mol. The van der Waals surface area contributed by atoms with Crippen molar-refractivity contribution in [3.8, 4) is 0 Å². The van der Waals surface area contributed by atoms with Crippen LogP contribution >= 0.6 is 0 Å². The van der Waals surface area contributed by atoms with E-state index in [1.54, 1.807) is 0 Å². The zero-order chi connectivity index (χ0) is 12.0. The molecule has 0 radical (unpaired) electrons. The van der Waals surface area contributed by atoms with Gasteiger partial charge < -0.3 is 10.4 Å². The molecule has 0 aromatic heterocycles. The molecule has 0 saturated heterocycles. The monoisotopic (exact) mass is 221 g/mol. The third-order valence-corrected chi connectivity index (χ3v) is 2.54. The van der Waals surface area contributed by atoms with E-state index in [2.05, 4.69) is 29.6 Å². The zero-order valence-electron chi connectivity index (χ0n) is 9.86. The summed E-state index contributed by atoms with van der Waals surface area (Å²) in [5.41, 5.74) is 2.42. The first-order chi connectivity index (χ1) is 7.61. The van der Waals surface area contributed by atoms with Gasteiger partial charge in [0, 0.05) is 26.0 Å². The molecule has 1 atom stereocenters. The molecular formula is C13H19NO2. The molecule has 0 aliphatic heterocycles. The van der Waals surface area contributed by atoms with Crippen LogP contribution in [0.5, 0.6) is 0 Å². The quantitative estimate of drug-likeness (QED) is 0.787. The standard InChI is InChI=1S/C13H19NO2/c1-10-3-5-12(6-4-10)7-13(9-15)8-14-11(2)16/h3-6,13,15H,7-9H2,1-2H3,(H,14,16). The first-order valence-electron chi connectivity index (χ1n) is 5.52. The van der Waals surface area contributed by atoms with Crippen molar-refractivity contribution in [2.75, 3.05) is 13.2 Å². The SMILES string of the molecule is CC(=O)NCC(CO)Cc1ccc(C)cc1. The maximum absolute atomic E-state index is 10.8. The third kappa shape index (κ3) is 4.45. The summed E-state index contributed by atoms with van der Waals surface area (Å²) in [6.07, 6.45) is 0.789. The topological polar surface area (TPSA) is 49.3 Å². The molecule has 1 unspecified atom stereocenters. The van der Waals surface area contributed by atoms with E-state index < -0.39 is 0 Å². The number of hydrogen-bond donors (Lipinski definition) is 2. The van der Waals surface area contributed by atoms with Crippen molar-refractivity contribution in [1.29, 1.82) is 0 Å². The van der Waals surface area contributed by atoms with Crippen LogP contribution in [-0.2, 0) is 11.2 Å². The summed E-state index contributed by atoms with van der Waals surface area (Å²) in [7, 11) is 0. The average molecular weight is 221 g/mol. The number of hydrogen-bond acceptors (Lipinski definition) is 2. The van der Waals surface area contributed by atoms with Gasteiger partial charge in [-0.25, -0.2) is 0 Å². The largest absolute Gasteiger partial charge is 0.396 e. The van der Waals surface area contributed by atoms with Crippen LogP contribution < -0.4 is 5.32 Å². The fourth-order valence-electron chi connectivity index (χ4n) is 1.55. The number of benzene rings is 1. The second-order valence-corrected chi connectivity index (χ2v) is 4.18. The van der Waals surface area contributed by atoms with Gasteiger partial charge in [-0.05, 0) is 18.9 Å². The molecule has 3 nitrogen and oxygen atoms in total. The van der Waals surface area contributed by atoms with E-state index in [1.165, 1.54) is 18.1 Å². The summed E-state index contributed by atoms with van der Waals surface area (Å²) < 4.78 is 0. The molecule has 3 heteroatoms. The lowest BCUT2D eigenvalue weighted by atomic mass is 9.99. The van der Waals surface area contributed by atoms with Crippen molar-refractivity contribution in [1.82, 2.24) is 5.32 Å². The molecule has 16 heavy (non-hydrogen) atoms. The molecule has 0 bridgehead atoms. The summed E-state index contributed by atoms with van der Waals surface area (Å²) >= 11 is 0. The van der Waals surface area contributed by atoms with Crippen molar-refractivity contribution in [3.05, 3.63) is 35.4 Å². The molecule has 1 aromatic carbocycles. The van der Waals surface area contributed by atoms with Crippen molar-refractivity contribution in [2.45, 2.75) is 20.3 Å². The Bertz CT molecular complexity index is 332. The molecule has 0 heterocycles. The van der Waals surface area contributed by atoms with Crippen LogP contribution in [0.4, 0.5) is 0 Å². The number of rotatable bonds is 5. The van der Waals surface area contributed by atoms with Gasteiger partial charge in [-0.1, -0.05) is 29.8 Å². The number of carbonyl (C=O) groups excluding carboxylic acids is 1. The maximum atomic E-state index is 10.8. The predicted octanol–water partition coefficient (Wildman–Crippen LogP) is 1.28. The first kappa shape index (κ1) is 12.7. The van der Waals surface area contributed by atoms with E-state index in [4.69, 9.17) is 0 Å². The second kappa shape index (κ2) is 6.28. The van der Waals surface area contributed by atoms with Gasteiger partial charge in [-0.15, -0.1) is 0 Å². The molecule has 1 amide bonds. The highest BCUT2D eigenvalue weighted by molar-refractivity contribution is 5.72. The van der Waals surface area contributed by atoms with Crippen LogP contribution in [0.2, 0.25) is 0 Å². The van der Waals surface area contributed by atoms with E-state index in [-0.39, 0.29) is 18.4 Å². The van der Waals surface area contributed by atoms with Gasteiger partial charge >= 0.3 is 0 Å². The fraction of sp³-hybridized carbons (Fsp3) is 0.462. The highest BCUT2D eigenvalue weighted by Crippen LogP contribution is 2.09. The number of nitrogens with one attached hydrogen (secondary N) is 1. The van der Waals surface area contributed by atoms with Crippen LogP contribution in [0.1, 0.15) is 18.1 Å². The Kier molecular flexibility index (Phi) is 4.99. The summed E-state index contributed by atoms with van der Waals surface area (Å²) in [5, 5.41) is 11.9. The van der Waals surface area contributed by atoms with Crippen LogP contribution in [0.3, 0.4) is 0 Å². The molecule has 2 N–H and O–H groups in total. The van der Waals surface area contributed by atoms with E-state index in [1.807, 2.05) is 6.92 Å². The number of aliphatic hydroxyl groups excluding tert-OH is 1. The van der Waals surface area contributed by atoms with Crippen LogP contribution in [0.15, 0.2) is 24.3 Å². The minimum Gasteiger partial charge on any atom is -0.396 e. The molecule has 1 rings (SSSR count). The highest BCUT2D eigenvalue weighted by Gasteiger charge is 2.08. The molecule has 0 fully saturated rings. The molecule has 0 aliphatic carbocycles. The Morgan fingerprint density at radius 2 is 2.00 bits per heavy atom. The van der Waals surface area contributed by atoms with Crippen LogP contribution in [0, 0.1) is 12.8 Å². The Morgan fingerprint density at radius 1 is 1.38 bits per heavy atom. The molecule has 0 spiro atoms. The van der Waals surface area contributed by atoms with Crippen molar-refractivity contribution < 1.29 is 9.90 Å². The van der Waals surface area contributed by atoms with E-state index in [0.717, 1.165) is 6.42 Å². The molecular weight excluding hydrogens is 202 g/mol. The van der Waals surface area contributed by atoms with Gasteiger partial charge in [-0.3, -0.25) is 4.79 Å².